The molecule has 0 radical (unpaired) electrons. The fraction of sp³-hybridized carbons (Fsp3) is 0.368. The van der Waals surface area contributed by atoms with Gasteiger partial charge in [-0.15, -0.1) is 10.2 Å². The topological polar surface area (TPSA) is 119 Å². The number of aromatic amines is 1. The zero-order valence-electron chi connectivity index (χ0n) is 15.8. The first-order chi connectivity index (χ1) is 13.6. The Kier molecular flexibility index (Phi) is 6.70. The van der Waals surface area contributed by atoms with Gasteiger partial charge in [-0.25, -0.2) is 0 Å². The zero-order valence-corrected chi connectivity index (χ0v) is 16.6. The predicted molar refractivity (Wildman–Crippen MR) is 109 cm³/mol. The van der Waals surface area contributed by atoms with Crippen molar-refractivity contribution >= 4 is 34.5 Å². The van der Waals surface area contributed by atoms with Crippen molar-refractivity contribution in [3.8, 4) is 0 Å². The average Bonchev–Trinajstić information content (AvgIpc) is 3.28. The zero-order chi connectivity index (χ0) is 19.9. The minimum atomic E-state index is -0.366. The van der Waals surface area contributed by atoms with Gasteiger partial charge >= 0.3 is 0 Å². The van der Waals surface area contributed by atoms with E-state index in [1.807, 2.05) is 35.9 Å². The summed E-state index contributed by atoms with van der Waals surface area (Å²) in [5, 5.41) is 13.1. The lowest BCUT2D eigenvalue weighted by Gasteiger charge is -2.07. The molecule has 0 atom stereocenters. The van der Waals surface area contributed by atoms with Gasteiger partial charge in [-0.3, -0.25) is 9.59 Å². The van der Waals surface area contributed by atoms with E-state index in [2.05, 4.69) is 26.6 Å². The first-order valence-electron chi connectivity index (χ1n) is 9.23. The molecule has 4 N–H and O–H groups in total. The van der Waals surface area contributed by atoms with Gasteiger partial charge in [0.1, 0.15) is 5.82 Å². The number of thioether (sulfide) groups is 1. The van der Waals surface area contributed by atoms with Crippen LogP contribution in [0.15, 0.2) is 35.6 Å². The van der Waals surface area contributed by atoms with Gasteiger partial charge in [0.25, 0.3) is 0 Å². The molecule has 2 aromatic heterocycles. The van der Waals surface area contributed by atoms with Crippen LogP contribution < -0.4 is 11.1 Å². The summed E-state index contributed by atoms with van der Waals surface area (Å²) in [6.45, 7) is 3.22. The van der Waals surface area contributed by atoms with Crippen LogP contribution in [0.3, 0.4) is 0 Å². The number of rotatable bonds is 10. The molecule has 148 valence electrons. The number of amides is 2. The Morgan fingerprint density at radius 3 is 2.86 bits per heavy atom. The molecule has 3 rings (SSSR count). The van der Waals surface area contributed by atoms with Crippen molar-refractivity contribution in [1.29, 1.82) is 0 Å². The van der Waals surface area contributed by atoms with Crippen molar-refractivity contribution in [2.45, 2.75) is 37.9 Å². The Labute approximate surface area is 167 Å². The highest BCUT2D eigenvalue weighted by Crippen LogP contribution is 2.19. The third kappa shape index (κ3) is 4.92. The molecule has 3 aromatic rings. The van der Waals surface area contributed by atoms with Crippen molar-refractivity contribution in [2.24, 2.45) is 5.73 Å². The summed E-state index contributed by atoms with van der Waals surface area (Å²) in [5.74, 6) is 0.564. The van der Waals surface area contributed by atoms with E-state index in [0.29, 0.717) is 30.5 Å². The molecular formula is C19H24N6O2S. The van der Waals surface area contributed by atoms with Gasteiger partial charge < -0.3 is 20.6 Å². The van der Waals surface area contributed by atoms with E-state index < -0.39 is 0 Å². The van der Waals surface area contributed by atoms with Crippen LogP contribution in [0, 0.1) is 0 Å². The largest absolute Gasteiger partial charge is 0.370 e. The molecule has 28 heavy (non-hydrogen) atoms. The third-order valence-electron chi connectivity index (χ3n) is 4.43. The molecule has 0 aliphatic rings. The second-order valence-corrected chi connectivity index (χ2v) is 7.30. The van der Waals surface area contributed by atoms with E-state index in [-0.39, 0.29) is 24.0 Å². The number of hydrogen-bond acceptors (Lipinski definition) is 5. The summed E-state index contributed by atoms with van der Waals surface area (Å²) < 4.78 is 1.91. The van der Waals surface area contributed by atoms with Gasteiger partial charge in [-0.1, -0.05) is 30.0 Å². The van der Waals surface area contributed by atoms with Gasteiger partial charge in [0.2, 0.25) is 11.8 Å². The highest BCUT2D eigenvalue weighted by atomic mass is 32.2. The third-order valence-corrected chi connectivity index (χ3v) is 5.40. The molecule has 0 aliphatic heterocycles. The molecular weight excluding hydrogens is 376 g/mol. The summed E-state index contributed by atoms with van der Waals surface area (Å²) in [6, 6.07) is 8.12. The van der Waals surface area contributed by atoms with Crippen molar-refractivity contribution in [1.82, 2.24) is 25.1 Å². The van der Waals surface area contributed by atoms with Crippen LogP contribution in [0.1, 0.15) is 24.7 Å². The maximum absolute atomic E-state index is 12.2. The molecule has 8 nitrogen and oxygen atoms in total. The maximum atomic E-state index is 12.2. The second-order valence-electron chi connectivity index (χ2n) is 6.36. The number of carbonyl (C=O) groups excluding carboxylic acids is 2. The van der Waals surface area contributed by atoms with Crippen molar-refractivity contribution in [2.75, 3.05) is 12.3 Å². The number of hydrogen-bond donors (Lipinski definition) is 3. The van der Waals surface area contributed by atoms with E-state index in [0.717, 1.165) is 11.9 Å². The Morgan fingerprint density at radius 1 is 1.25 bits per heavy atom. The number of carbonyl (C=O) groups is 2. The number of fused-ring (bicyclic) bond motifs is 1. The average molecular weight is 401 g/mol. The molecule has 0 spiro atoms. The van der Waals surface area contributed by atoms with E-state index in [1.54, 1.807) is 0 Å². The summed E-state index contributed by atoms with van der Waals surface area (Å²) in [5.41, 5.74) is 7.48. The second kappa shape index (κ2) is 9.41. The fourth-order valence-corrected chi connectivity index (χ4v) is 3.87. The molecule has 0 aliphatic carbocycles. The number of nitrogens with two attached hydrogens (primary N) is 1. The molecule has 0 fully saturated rings. The van der Waals surface area contributed by atoms with E-state index in [1.165, 1.54) is 22.7 Å². The summed E-state index contributed by atoms with van der Waals surface area (Å²) in [6.07, 6.45) is 3.44. The molecule has 2 amide bonds. The molecule has 9 heteroatoms. The fourth-order valence-electron chi connectivity index (χ4n) is 3.02. The molecule has 0 unspecified atom stereocenters. The van der Waals surface area contributed by atoms with Gasteiger partial charge in [0, 0.05) is 43.0 Å². The Bertz CT molecular complexity index is 964. The SMILES string of the molecule is CCn1c(CCC(N)=O)nnc1SCC(=O)NCCc1c[nH]c2ccccc12. The van der Waals surface area contributed by atoms with Gasteiger partial charge in [0.15, 0.2) is 5.16 Å². The lowest BCUT2D eigenvalue weighted by molar-refractivity contribution is -0.119. The van der Waals surface area contributed by atoms with E-state index in [4.69, 9.17) is 5.73 Å². The summed E-state index contributed by atoms with van der Waals surface area (Å²) >= 11 is 1.34. The minimum absolute atomic E-state index is 0.0471. The maximum Gasteiger partial charge on any atom is 0.230 e. The van der Waals surface area contributed by atoms with Gasteiger partial charge in [-0.05, 0) is 25.0 Å². The molecule has 0 saturated carbocycles. The van der Waals surface area contributed by atoms with Crippen LogP contribution in [0.2, 0.25) is 0 Å². The predicted octanol–water partition coefficient (Wildman–Crippen LogP) is 1.65. The van der Waals surface area contributed by atoms with Crippen molar-refractivity contribution in [3.63, 3.8) is 0 Å². The molecule has 0 saturated heterocycles. The minimum Gasteiger partial charge on any atom is -0.370 e. The lowest BCUT2D eigenvalue weighted by atomic mass is 10.1. The summed E-state index contributed by atoms with van der Waals surface area (Å²) in [7, 11) is 0. The standard InChI is InChI=1S/C19H24N6O2S/c1-2-25-17(8-7-16(20)26)23-24-19(25)28-12-18(27)21-10-9-13-11-22-15-6-4-3-5-14(13)15/h3-6,11,22H,2,7-10,12H2,1H3,(H2,20,26)(H,21,27). The Hall–Kier alpha value is -2.81. The number of nitrogens with zero attached hydrogens (tertiary/aromatic N) is 3. The van der Waals surface area contributed by atoms with Crippen LogP contribution >= 0.6 is 11.8 Å². The van der Waals surface area contributed by atoms with Crippen LogP contribution in [0.4, 0.5) is 0 Å². The smallest absolute Gasteiger partial charge is 0.230 e. The number of para-hydroxylation sites is 1. The number of nitrogens with one attached hydrogen (secondary N) is 2. The Balaban J connectivity index is 1.47. The number of benzene rings is 1. The molecule has 0 bridgehead atoms. The van der Waals surface area contributed by atoms with E-state index >= 15 is 0 Å². The first-order valence-corrected chi connectivity index (χ1v) is 10.2. The van der Waals surface area contributed by atoms with Gasteiger partial charge in [-0.2, -0.15) is 0 Å². The first kappa shape index (κ1) is 19.9. The summed E-state index contributed by atoms with van der Waals surface area (Å²) in [4.78, 5) is 26.4. The quantitative estimate of drug-likeness (QED) is 0.447. The number of primary amides is 1. The Morgan fingerprint density at radius 2 is 2.07 bits per heavy atom. The van der Waals surface area contributed by atoms with Gasteiger partial charge in [0.05, 0.1) is 5.75 Å². The lowest BCUT2D eigenvalue weighted by Crippen LogP contribution is -2.27. The number of aryl methyl sites for hydroxylation is 1. The number of aromatic nitrogens is 4. The van der Waals surface area contributed by atoms with E-state index in [9.17, 15) is 9.59 Å². The number of H-pyrrole nitrogens is 1. The molecule has 1 aromatic carbocycles. The highest BCUT2D eigenvalue weighted by molar-refractivity contribution is 7.99. The van der Waals surface area contributed by atoms with Crippen LogP contribution in [0.25, 0.3) is 10.9 Å². The molecule has 2 heterocycles. The van der Waals surface area contributed by atoms with Crippen LogP contribution in [0.5, 0.6) is 0 Å². The normalized spacial score (nSPS) is 11.0. The van der Waals surface area contributed by atoms with Crippen molar-refractivity contribution in [3.05, 3.63) is 41.9 Å². The van der Waals surface area contributed by atoms with Crippen LogP contribution in [-0.4, -0.2) is 43.9 Å². The highest BCUT2D eigenvalue weighted by Gasteiger charge is 2.13. The van der Waals surface area contributed by atoms with Crippen molar-refractivity contribution < 1.29 is 9.59 Å². The van der Waals surface area contributed by atoms with Crippen LogP contribution in [-0.2, 0) is 29.0 Å². The monoisotopic (exact) mass is 400 g/mol.